The Morgan fingerprint density at radius 1 is 0.526 bits per heavy atom. The Balaban J connectivity index is 0.00000675. The minimum atomic E-state index is -1.53. The number of phenols is 1. The number of hydrogen-bond donors (Lipinski definition) is 1. The zero-order valence-corrected chi connectivity index (χ0v) is 47.1. The van der Waals surface area contributed by atoms with Crippen molar-refractivity contribution in [2.75, 3.05) is 0 Å². The summed E-state index contributed by atoms with van der Waals surface area (Å²) in [6, 6.07) is 79.3. The SMILES string of the molecule is [2H]C([2H])(c1ccc(-n2c(-c3cc(-c4ccccc4)cc(-c4ccccc4)c3O)nc3c(-c4[c-]c(-c5cc(-c6ccc(C(C)(C)c7ccccc7)cc6)ccn5)cc(C(C)(C)C)c4)cccc32)c(-c2ccccc2)c1)C1CCCC1.[Pt]. The van der Waals surface area contributed by atoms with Crippen LogP contribution in [0.15, 0.2) is 225 Å². The van der Waals surface area contributed by atoms with Crippen molar-refractivity contribution in [1.29, 1.82) is 0 Å². The molecule has 2 aromatic heterocycles. The summed E-state index contributed by atoms with van der Waals surface area (Å²) in [5.41, 5.74) is 17.9. The molecule has 4 nitrogen and oxygen atoms in total. The molecule has 0 atom stereocenters. The number of phenolic OH excluding ortho intramolecular Hbond substituents is 1. The number of para-hydroxylation sites is 1. The third-order valence-corrected chi connectivity index (χ3v) is 15.8. The van der Waals surface area contributed by atoms with E-state index in [2.05, 4.69) is 191 Å². The summed E-state index contributed by atoms with van der Waals surface area (Å²) in [5, 5.41) is 12.9. The van der Waals surface area contributed by atoms with E-state index in [0.29, 0.717) is 22.5 Å². The monoisotopic (exact) mass is 1200 g/mol. The average molecular weight is 1200 g/mol. The van der Waals surface area contributed by atoms with Crippen molar-refractivity contribution >= 4 is 11.0 Å². The van der Waals surface area contributed by atoms with Crippen molar-refractivity contribution in [3.63, 3.8) is 0 Å². The standard InChI is InChI=1S/C73H64N3O.Pt/c1-72(2,3)61-44-57(43-58(45-61)66-48-55(39-40-74-66)52-34-36-60(37-35-52)73(4,5)59-29-16-9-17-30-59)62-31-20-32-68-69(62)75-71(65-47-56(51-23-10-6-11-24-51)46-64(70(65)77)54-27-14-8-15-28-54)76(68)67-38-33-50(41-49-21-18-19-22-49)42-63(67)53-25-12-7-13-26-53;/h6-17,20,23-40,42,44-49,77H,18-19,21-22,41H2,1-5H3;/q-1;/i41D2;. The summed E-state index contributed by atoms with van der Waals surface area (Å²) in [4.78, 5) is 10.7. The number of hydrogen-bond acceptors (Lipinski definition) is 3. The van der Waals surface area contributed by atoms with Gasteiger partial charge in [-0.3, -0.25) is 9.55 Å². The third kappa shape index (κ3) is 10.3. The Hall–Kier alpha value is -7.91. The fraction of sp³-hybridized carbons (Fsp3) is 0.178. The number of aromatic hydroxyl groups is 1. The number of nitrogens with zero attached hydrogens (tertiary/aromatic N) is 3. The van der Waals surface area contributed by atoms with E-state index in [1.165, 1.54) is 11.1 Å². The van der Waals surface area contributed by atoms with E-state index in [1.807, 2.05) is 79.0 Å². The quantitative estimate of drug-likeness (QED) is 0.124. The van der Waals surface area contributed by atoms with Gasteiger partial charge in [-0.05, 0) is 104 Å². The second-order valence-electron chi connectivity index (χ2n) is 22.3. The van der Waals surface area contributed by atoms with E-state index >= 15 is 0 Å². The molecule has 9 aromatic carbocycles. The predicted octanol–water partition coefficient (Wildman–Crippen LogP) is 18.9. The van der Waals surface area contributed by atoms with Gasteiger partial charge in [0.1, 0.15) is 11.6 Å². The van der Waals surface area contributed by atoms with Gasteiger partial charge in [0, 0.05) is 52.2 Å². The van der Waals surface area contributed by atoms with Crippen molar-refractivity contribution < 1.29 is 28.9 Å². The number of imidazole rings is 1. The number of aromatic nitrogens is 3. The van der Waals surface area contributed by atoms with Crippen LogP contribution in [0.2, 0.25) is 0 Å². The minimum absolute atomic E-state index is 0. The molecule has 0 bridgehead atoms. The molecule has 1 saturated carbocycles. The maximum absolute atomic E-state index is 12.9. The zero-order chi connectivity index (χ0) is 54.5. The van der Waals surface area contributed by atoms with Crippen LogP contribution in [-0.4, -0.2) is 19.6 Å². The first-order chi connectivity index (χ1) is 38.2. The number of benzene rings is 9. The summed E-state index contributed by atoms with van der Waals surface area (Å²) >= 11 is 0. The molecule has 2 heterocycles. The Morgan fingerprint density at radius 3 is 1.78 bits per heavy atom. The molecular weight excluding hydrogens is 1130 g/mol. The summed E-state index contributed by atoms with van der Waals surface area (Å²) < 4.78 is 21.4. The van der Waals surface area contributed by atoms with Gasteiger partial charge in [-0.15, -0.1) is 29.3 Å². The molecule has 5 heteroatoms. The van der Waals surface area contributed by atoms with Crippen LogP contribution in [0.25, 0.3) is 95.0 Å². The molecule has 0 saturated heterocycles. The molecule has 12 rings (SSSR count). The van der Waals surface area contributed by atoms with Gasteiger partial charge in [-0.1, -0.05) is 241 Å². The molecule has 388 valence electrons. The first-order valence-electron chi connectivity index (χ1n) is 28.1. The predicted molar refractivity (Wildman–Crippen MR) is 320 cm³/mol. The number of fused-ring (bicyclic) bond motifs is 1. The second-order valence-corrected chi connectivity index (χ2v) is 22.3. The van der Waals surface area contributed by atoms with Gasteiger partial charge in [-0.25, -0.2) is 4.98 Å². The number of rotatable bonds is 12. The molecule has 1 N–H and O–H groups in total. The van der Waals surface area contributed by atoms with Crippen LogP contribution in [0.4, 0.5) is 0 Å². The first kappa shape index (κ1) is 49.6. The Morgan fingerprint density at radius 2 is 1.12 bits per heavy atom. The van der Waals surface area contributed by atoms with Gasteiger partial charge in [0.05, 0.1) is 22.3 Å². The Kier molecular flexibility index (Phi) is 13.9. The summed E-state index contributed by atoms with van der Waals surface area (Å²) in [6.45, 7) is 11.3. The van der Waals surface area contributed by atoms with Crippen LogP contribution in [0.3, 0.4) is 0 Å². The van der Waals surface area contributed by atoms with Gasteiger partial charge in [0.15, 0.2) is 0 Å². The molecule has 11 aromatic rings. The molecule has 0 radical (unpaired) electrons. The maximum Gasteiger partial charge on any atom is 0.148 e. The molecule has 78 heavy (non-hydrogen) atoms. The van der Waals surface area contributed by atoms with E-state index in [9.17, 15) is 7.85 Å². The van der Waals surface area contributed by atoms with E-state index in [0.717, 1.165) is 109 Å². The van der Waals surface area contributed by atoms with Crippen molar-refractivity contribution in [2.45, 2.75) is 77.5 Å². The smallest absolute Gasteiger partial charge is 0.148 e. The third-order valence-electron chi connectivity index (χ3n) is 15.8. The van der Waals surface area contributed by atoms with Crippen LogP contribution in [0, 0.1) is 12.0 Å². The normalized spacial score (nSPS) is 13.5. The molecular formula is C73H64N3OPt-. The summed E-state index contributed by atoms with van der Waals surface area (Å²) in [6.07, 6.45) is 4.19. The summed E-state index contributed by atoms with van der Waals surface area (Å²) in [5.74, 6) is 0.609. The average Bonchev–Trinajstić information content (AvgIpc) is 4.34. The fourth-order valence-electron chi connectivity index (χ4n) is 11.3. The van der Waals surface area contributed by atoms with Gasteiger partial charge >= 0.3 is 0 Å². The topological polar surface area (TPSA) is 50.9 Å². The van der Waals surface area contributed by atoms with Gasteiger partial charge < -0.3 is 5.11 Å². The zero-order valence-electron chi connectivity index (χ0n) is 46.9. The van der Waals surface area contributed by atoms with Crippen molar-refractivity contribution in [1.82, 2.24) is 14.5 Å². The maximum atomic E-state index is 12.9. The van der Waals surface area contributed by atoms with E-state index in [-0.39, 0.29) is 43.6 Å². The van der Waals surface area contributed by atoms with Crippen molar-refractivity contribution in [3.8, 4) is 89.7 Å². The fourth-order valence-corrected chi connectivity index (χ4v) is 11.3. The van der Waals surface area contributed by atoms with Crippen LogP contribution in [0.5, 0.6) is 5.75 Å². The van der Waals surface area contributed by atoms with E-state index < -0.39 is 6.37 Å². The summed E-state index contributed by atoms with van der Waals surface area (Å²) in [7, 11) is 0. The largest absolute Gasteiger partial charge is 0.507 e. The van der Waals surface area contributed by atoms with Crippen molar-refractivity contribution in [2.24, 2.45) is 5.92 Å². The van der Waals surface area contributed by atoms with Crippen LogP contribution >= 0.6 is 0 Å². The molecule has 0 amide bonds. The van der Waals surface area contributed by atoms with Crippen LogP contribution in [-0.2, 0) is 38.3 Å². The number of pyridine rings is 1. The Labute approximate surface area is 477 Å². The molecule has 0 aliphatic heterocycles. The van der Waals surface area contributed by atoms with E-state index in [1.54, 1.807) is 0 Å². The molecule has 0 spiro atoms. The Bertz CT molecular complexity index is 3990. The van der Waals surface area contributed by atoms with Crippen LogP contribution in [0.1, 0.15) is 85.3 Å². The molecule has 1 aliphatic carbocycles. The van der Waals surface area contributed by atoms with Gasteiger partial charge in [0.25, 0.3) is 0 Å². The minimum Gasteiger partial charge on any atom is -0.507 e. The molecule has 1 fully saturated rings. The molecule has 1 aliphatic rings. The first-order valence-corrected chi connectivity index (χ1v) is 27.1. The second kappa shape index (κ2) is 21.8. The van der Waals surface area contributed by atoms with E-state index in [4.69, 9.17) is 9.97 Å². The molecule has 0 unspecified atom stereocenters. The van der Waals surface area contributed by atoms with Crippen LogP contribution < -0.4 is 0 Å². The van der Waals surface area contributed by atoms with Crippen molar-refractivity contribution in [3.05, 3.63) is 253 Å². The van der Waals surface area contributed by atoms with Gasteiger partial charge in [-0.2, -0.15) is 0 Å². The van der Waals surface area contributed by atoms with Gasteiger partial charge in [0.2, 0.25) is 0 Å².